The summed E-state index contributed by atoms with van der Waals surface area (Å²) in [6.07, 6.45) is 49.4. The summed E-state index contributed by atoms with van der Waals surface area (Å²) in [5.74, 6) is -0.940. The first kappa shape index (κ1) is 52.5. The smallest absolute Gasteiger partial charge is 0.462 e. The van der Waals surface area contributed by atoms with E-state index < -0.39 is 32.5 Å². The number of esters is 2. The minimum Gasteiger partial charge on any atom is -0.462 e. The lowest BCUT2D eigenvalue weighted by Gasteiger charge is -2.19. The molecule has 0 fully saturated rings. The maximum Gasteiger partial charge on any atom is 0.472 e. The van der Waals surface area contributed by atoms with Gasteiger partial charge in [0.25, 0.3) is 0 Å². The maximum absolute atomic E-state index is 12.6. The Labute approximate surface area is 335 Å². The van der Waals surface area contributed by atoms with Crippen molar-refractivity contribution in [2.45, 2.75) is 174 Å². The Morgan fingerprint density at radius 2 is 0.982 bits per heavy atom. The summed E-state index contributed by atoms with van der Waals surface area (Å²) in [5, 5.41) is 0. The summed E-state index contributed by atoms with van der Waals surface area (Å²) in [5.41, 5.74) is 5.34. The second-order valence-electron chi connectivity index (χ2n) is 13.8. The summed E-state index contributed by atoms with van der Waals surface area (Å²) in [4.78, 5) is 34.8. The van der Waals surface area contributed by atoms with Crippen LogP contribution in [0.3, 0.4) is 0 Å². The molecule has 0 bridgehead atoms. The Morgan fingerprint density at radius 1 is 0.545 bits per heavy atom. The van der Waals surface area contributed by atoms with Crippen molar-refractivity contribution in [1.82, 2.24) is 0 Å². The molecule has 3 N–H and O–H groups in total. The molecule has 0 aliphatic rings. The van der Waals surface area contributed by atoms with Crippen molar-refractivity contribution >= 4 is 19.8 Å². The number of phosphoric acid groups is 1. The minimum absolute atomic E-state index is 0.0396. The van der Waals surface area contributed by atoms with Gasteiger partial charge in [0.05, 0.1) is 13.2 Å². The van der Waals surface area contributed by atoms with E-state index in [4.69, 9.17) is 24.3 Å². The lowest BCUT2D eigenvalue weighted by atomic mass is 10.1. The zero-order chi connectivity index (χ0) is 40.3. The van der Waals surface area contributed by atoms with E-state index in [0.29, 0.717) is 12.8 Å². The molecule has 0 spiro atoms. The Morgan fingerprint density at radius 3 is 1.53 bits per heavy atom. The Kier molecular flexibility index (Phi) is 39.2. The van der Waals surface area contributed by atoms with Crippen molar-refractivity contribution in [3.8, 4) is 0 Å². The number of nitrogens with two attached hydrogens (primary N) is 1. The van der Waals surface area contributed by atoms with E-state index >= 15 is 0 Å². The van der Waals surface area contributed by atoms with E-state index in [0.717, 1.165) is 57.8 Å². The fourth-order valence-electron chi connectivity index (χ4n) is 5.37. The molecule has 0 aromatic heterocycles. The van der Waals surface area contributed by atoms with Gasteiger partial charge in [0.2, 0.25) is 0 Å². The molecule has 0 rings (SSSR count). The number of rotatable bonds is 39. The zero-order valence-electron chi connectivity index (χ0n) is 34.6. The van der Waals surface area contributed by atoms with Crippen LogP contribution in [0.4, 0.5) is 0 Å². The van der Waals surface area contributed by atoms with Gasteiger partial charge in [-0.05, 0) is 77.0 Å². The zero-order valence-corrected chi connectivity index (χ0v) is 35.5. The molecular weight excluding hydrogens is 713 g/mol. The van der Waals surface area contributed by atoms with Gasteiger partial charge in [-0.3, -0.25) is 18.6 Å². The van der Waals surface area contributed by atoms with Crippen molar-refractivity contribution < 1.29 is 37.6 Å². The largest absolute Gasteiger partial charge is 0.472 e. The minimum atomic E-state index is -4.40. The number of carbonyl (C=O) groups is 2. The SMILES string of the molecule is CCCCCC=CCC=CCC=CCC=CCC=CCCC(=O)OC[C@H](COP(=O)(O)OCCN)OC(=O)CCCCCCCC=CCCCCCCCC. The molecule has 0 aromatic rings. The molecule has 0 saturated heterocycles. The van der Waals surface area contributed by atoms with Gasteiger partial charge in [0, 0.05) is 19.4 Å². The third-order valence-corrected chi connectivity index (χ3v) is 9.56. The van der Waals surface area contributed by atoms with Crippen LogP contribution in [0.15, 0.2) is 72.9 Å². The molecule has 0 aromatic carbocycles. The molecule has 0 amide bonds. The van der Waals surface area contributed by atoms with Crippen molar-refractivity contribution in [3.63, 3.8) is 0 Å². The van der Waals surface area contributed by atoms with Crippen molar-refractivity contribution in [1.29, 1.82) is 0 Å². The van der Waals surface area contributed by atoms with E-state index in [1.807, 2.05) is 12.2 Å². The number of ether oxygens (including phenoxy) is 2. The lowest BCUT2D eigenvalue weighted by Crippen LogP contribution is -2.29. The molecule has 0 aliphatic heterocycles. The van der Waals surface area contributed by atoms with Gasteiger partial charge >= 0.3 is 19.8 Å². The normalized spacial score (nSPS) is 14.0. The van der Waals surface area contributed by atoms with Gasteiger partial charge in [0.1, 0.15) is 6.61 Å². The highest BCUT2D eigenvalue weighted by atomic mass is 31.2. The third-order valence-electron chi connectivity index (χ3n) is 8.58. The van der Waals surface area contributed by atoms with Gasteiger partial charge in [-0.15, -0.1) is 0 Å². The molecule has 316 valence electrons. The molecule has 0 radical (unpaired) electrons. The number of hydrogen-bond acceptors (Lipinski definition) is 8. The van der Waals surface area contributed by atoms with Crippen LogP contribution in [0.1, 0.15) is 168 Å². The van der Waals surface area contributed by atoms with Gasteiger partial charge < -0.3 is 20.1 Å². The number of hydrogen-bond donors (Lipinski definition) is 2. The van der Waals surface area contributed by atoms with Crippen molar-refractivity contribution in [3.05, 3.63) is 72.9 Å². The monoisotopic (exact) mass is 792 g/mol. The van der Waals surface area contributed by atoms with E-state index in [1.165, 1.54) is 70.6 Å². The molecule has 2 atom stereocenters. The number of allylic oxidation sites excluding steroid dienone is 12. The van der Waals surface area contributed by atoms with E-state index in [2.05, 4.69) is 74.6 Å². The second kappa shape index (κ2) is 41.1. The van der Waals surface area contributed by atoms with Crippen LogP contribution in [0.5, 0.6) is 0 Å². The summed E-state index contributed by atoms with van der Waals surface area (Å²) in [6.45, 7) is 3.59. The summed E-state index contributed by atoms with van der Waals surface area (Å²) in [6, 6.07) is 0. The van der Waals surface area contributed by atoms with E-state index in [1.54, 1.807) is 0 Å². The van der Waals surface area contributed by atoms with Crippen LogP contribution in [-0.2, 0) is 32.7 Å². The van der Waals surface area contributed by atoms with Gasteiger partial charge in [-0.2, -0.15) is 0 Å². The first-order chi connectivity index (χ1) is 26.8. The predicted molar refractivity (Wildman–Crippen MR) is 229 cm³/mol. The molecule has 9 nitrogen and oxygen atoms in total. The van der Waals surface area contributed by atoms with Crippen LogP contribution >= 0.6 is 7.82 Å². The Bertz CT molecular complexity index is 1130. The molecule has 55 heavy (non-hydrogen) atoms. The first-order valence-corrected chi connectivity index (χ1v) is 22.9. The van der Waals surface area contributed by atoms with Crippen LogP contribution in [0.2, 0.25) is 0 Å². The molecule has 10 heteroatoms. The molecule has 0 saturated carbocycles. The maximum atomic E-state index is 12.6. The first-order valence-electron chi connectivity index (χ1n) is 21.4. The van der Waals surface area contributed by atoms with Crippen LogP contribution in [-0.4, -0.2) is 49.3 Å². The molecule has 0 aliphatic carbocycles. The number of phosphoric ester groups is 1. The van der Waals surface area contributed by atoms with E-state index in [-0.39, 0.29) is 32.6 Å². The van der Waals surface area contributed by atoms with Crippen LogP contribution < -0.4 is 5.73 Å². The average Bonchev–Trinajstić information content (AvgIpc) is 3.17. The highest BCUT2D eigenvalue weighted by Gasteiger charge is 2.25. The Hall–Kier alpha value is -2.55. The quantitative estimate of drug-likeness (QED) is 0.0270. The van der Waals surface area contributed by atoms with Crippen LogP contribution in [0.25, 0.3) is 0 Å². The third kappa shape index (κ3) is 40.9. The predicted octanol–water partition coefficient (Wildman–Crippen LogP) is 12.3. The topological polar surface area (TPSA) is 134 Å². The number of carbonyl (C=O) groups excluding carboxylic acids is 2. The van der Waals surface area contributed by atoms with Gasteiger partial charge in [-0.25, -0.2) is 4.57 Å². The summed E-state index contributed by atoms with van der Waals surface area (Å²) in [7, 11) is -4.40. The highest BCUT2D eigenvalue weighted by molar-refractivity contribution is 7.47. The second-order valence-corrected chi connectivity index (χ2v) is 15.3. The van der Waals surface area contributed by atoms with Crippen LogP contribution in [0, 0.1) is 0 Å². The Balaban J connectivity index is 4.31. The molecule has 1 unspecified atom stereocenters. The van der Waals surface area contributed by atoms with Gasteiger partial charge in [-0.1, -0.05) is 151 Å². The fraction of sp³-hybridized carbons (Fsp3) is 0.689. The van der Waals surface area contributed by atoms with Crippen molar-refractivity contribution in [2.24, 2.45) is 5.73 Å². The molecular formula is C45H78NO8P. The van der Waals surface area contributed by atoms with Gasteiger partial charge in [0.15, 0.2) is 6.10 Å². The standard InChI is InChI=1S/C45H78NO8P/c1-3-5-7-9-11-13-15-17-19-20-21-22-24-25-27-29-31-33-35-37-44(47)51-41-43(42-53-55(49,50)52-40-39-46)54-45(48)38-36-34-32-30-28-26-23-18-16-14-12-10-8-6-4-2/h11,13,17-19,21-23,25,27,31,33,43H,3-10,12,14-16,20,24,26,28-30,32,34-42,46H2,1-2H3,(H,49,50)/t43-/m1/s1. The lowest BCUT2D eigenvalue weighted by molar-refractivity contribution is -0.161. The summed E-state index contributed by atoms with van der Waals surface area (Å²) < 4.78 is 32.7. The number of unbranched alkanes of at least 4 members (excludes halogenated alkanes) is 14. The fourth-order valence-corrected chi connectivity index (χ4v) is 6.14. The van der Waals surface area contributed by atoms with E-state index in [9.17, 15) is 19.0 Å². The molecule has 0 heterocycles. The highest BCUT2D eigenvalue weighted by Crippen LogP contribution is 2.43. The summed E-state index contributed by atoms with van der Waals surface area (Å²) >= 11 is 0. The van der Waals surface area contributed by atoms with Crippen molar-refractivity contribution in [2.75, 3.05) is 26.4 Å². The average molecular weight is 792 g/mol.